The maximum absolute atomic E-state index is 14.2. The highest BCUT2D eigenvalue weighted by atomic mass is 16.2. The number of piperidine rings is 2. The van der Waals surface area contributed by atoms with E-state index in [0.717, 1.165) is 74.3 Å². The van der Waals surface area contributed by atoms with Crippen molar-refractivity contribution < 1.29 is 9.59 Å². The summed E-state index contributed by atoms with van der Waals surface area (Å²) in [6, 6.07) is 23.2. The minimum absolute atomic E-state index is 0.0357. The highest BCUT2D eigenvalue weighted by molar-refractivity contribution is 5.91. The van der Waals surface area contributed by atoms with Crippen LogP contribution in [0.2, 0.25) is 0 Å². The lowest BCUT2D eigenvalue weighted by Crippen LogP contribution is -2.52. The van der Waals surface area contributed by atoms with E-state index in [9.17, 15) is 9.59 Å². The zero-order valence-electron chi connectivity index (χ0n) is 29.4. The predicted molar refractivity (Wildman–Crippen MR) is 198 cm³/mol. The summed E-state index contributed by atoms with van der Waals surface area (Å²) in [7, 11) is 2.21. The van der Waals surface area contributed by atoms with Gasteiger partial charge in [-0.05, 0) is 131 Å². The third kappa shape index (κ3) is 6.97. The number of fused-ring (bicyclic) bond motifs is 3. The molecule has 4 aliphatic rings. The Morgan fingerprint density at radius 3 is 2.46 bits per heavy atom. The standard InChI is InChI=1S/C41H51N7O2/c1-45-21-16-29(17-22-45)28-48-38-13-7-6-12-36(38)42-39(48)37(27-30-14-15-31-8-2-3-10-33(31)26-30)44-40(49)46-23-19-34(20-24-46)47-25-18-32-9-4-5-11-35(32)43-41(47)50/h4-7,9,11-15,26,29,34,37H,2-3,8,10,16-25,27-28H2,1H3,(H,43,50)(H,44,49). The molecule has 8 rings (SSSR count). The van der Waals surface area contributed by atoms with Gasteiger partial charge in [-0.2, -0.15) is 0 Å². The predicted octanol–water partition coefficient (Wildman–Crippen LogP) is 6.80. The fourth-order valence-corrected chi connectivity index (χ4v) is 8.77. The Balaban J connectivity index is 1.02. The summed E-state index contributed by atoms with van der Waals surface area (Å²) in [5.41, 5.74) is 8.39. The normalized spacial score (nSPS) is 19.8. The van der Waals surface area contributed by atoms with Crippen molar-refractivity contribution in [2.45, 2.75) is 82.8 Å². The van der Waals surface area contributed by atoms with Crippen LogP contribution in [0.3, 0.4) is 0 Å². The first-order chi connectivity index (χ1) is 24.5. The van der Waals surface area contributed by atoms with Crippen molar-refractivity contribution in [3.8, 4) is 0 Å². The molecule has 0 radical (unpaired) electrons. The Kier molecular flexibility index (Phi) is 9.49. The van der Waals surface area contributed by atoms with Gasteiger partial charge in [-0.15, -0.1) is 0 Å². The Morgan fingerprint density at radius 1 is 0.860 bits per heavy atom. The minimum atomic E-state index is -0.268. The molecule has 0 spiro atoms. The molecule has 4 aromatic rings. The van der Waals surface area contributed by atoms with Gasteiger partial charge in [-0.25, -0.2) is 14.6 Å². The number of aromatic nitrogens is 2. The number of amides is 4. The van der Waals surface area contributed by atoms with Crippen molar-refractivity contribution in [2.24, 2.45) is 5.92 Å². The van der Waals surface area contributed by atoms with Gasteiger partial charge in [0.2, 0.25) is 0 Å². The SMILES string of the molecule is CN1CCC(Cn2c(C(Cc3ccc4c(c3)CCCC4)NC(=O)N3CCC(N4CCc5ccccc5NC4=O)CC3)nc3ccccc32)CC1. The summed E-state index contributed by atoms with van der Waals surface area (Å²) >= 11 is 0. The number of nitrogens with one attached hydrogen (secondary N) is 2. The summed E-state index contributed by atoms with van der Waals surface area (Å²) in [5.74, 6) is 1.53. The van der Waals surface area contributed by atoms with Crippen molar-refractivity contribution in [3.63, 3.8) is 0 Å². The second-order valence-corrected chi connectivity index (χ2v) is 15.1. The lowest BCUT2D eigenvalue weighted by molar-refractivity contribution is 0.133. The van der Waals surface area contributed by atoms with Gasteiger partial charge in [-0.3, -0.25) is 0 Å². The van der Waals surface area contributed by atoms with E-state index in [1.54, 1.807) is 0 Å². The van der Waals surface area contributed by atoms with E-state index in [4.69, 9.17) is 4.98 Å². The molecule has 2 fully saturated rings. The van der Waals surface area contributed by atoms with Gasteiger partial charge in [0.15, 0.2) is 0 Å². The van der Waals surface area contributed by atoms with Gasteiger partial charge in [0.1, 0.15) is 5.82 Å². The van der Waals surface area contributed by atoms with Crippen LogP contribution in [0.5, 0.6) is 0 Å². The number of urea groups is 2. The van der Waals surface area contributed by atoms with Gasteiger partial charge in [-0.1, -0.05) is 48.5 Å². The molecule has 262 valence electrons. The van der Waals surface area contributed by atoms with Crippen LogP contribution in [0.25, 0.3) is 11.0 Å². The van der Waals surface area contributed by atoms with Crippen molar-refractivity contribution in [1.82, 2.24) is 29.6 Å². The smallest absolute Gasteiger partial charge is 0.322 e. The molecule has 2 N–H and O–H groups in total. The van der Waals surface area contributed by atoms with E-state index in [-0.39, 0.29) is 24.1 Å². The molecular weight excluding hydrogens is 622 g/mol. The first-order valence-corrected chi connectivity index (χ1v) is 18.9. The molecule has 1 atom stereocenters. The van der Waals surface area contributed by atoms with E-state index in [2.05, 4.69) is 75.7 Å². The van der Waals surface area contributed by atoms with Crippen LogP contribution in [0.15, 0.2) is 66.7 Å². The summed E-state index contributed by atoms with van der Waals surface area (Å²) in [4.78, 5) is 39.0. The lowest BCUT2D eigenvalue weighted by Gasteiger charge is -2.38. The van der Waals surface area contributed by atoms with Crippen molar-refractivity contribution >= 4 is 28.8 Å². The molecule has 1 unspecified atom stereocenters. The fraction of sp³-hybridized carbons (Fsp3) is 0.488. The molecule has 1 aromatic heterocycles. The quantitative estimate of drug-likeness (QED) is 0.226. The largest absolute Gasteiger partial charge is 0.328 e. The molecule has 3 aromatic carbocycles. The Morgan fingerprint density at radius 2 is 1.62 bits per heavy atom. The van der Waals surface area contributed by atoms with Crippen molar-refractivity contribution in [2.75, 3.05) is 45.1 Å². The van der Waals surface area contributed by atoms with Crippen molar-refractivity contribution in [3.05, 3.63) is 94.8 Å². The summed E-state index contributed by atoms with van der Waals surface area (Å²) in [5, 5.41) is 6.62. The molecular formula is C41H51N7O2. The van der Waals surface area contributed by atoms with E-state index < -0.39 is 0 Å². The molecule has 4 amide bonds. The highest BCUT2D eigenvalue weighted by Gasteiger charge is 2.33. The van der Waals surface area contributed by atoms with Gasteiger partial charge < -0.3 is 29.9 Å². The highest BCUT2D eigenvalue weighted by Crippen LogP contribution is 2.30. The average Bonchev–Trinajstić information content (AvgIpc) is 3.41. The minimum Gasteiger partial charge on any atom is -0.328 e. The van der Waals surface area contributed by atoms with Crippen LogP contribution < -0.4 is 10.6 Å². The van der Waals surface area contributed by atoms with Gasteiger partial charge in [0, 0.05) is 37.9 Å². The zero-order valence-corrected chi connectivity index (χ0v) is 29.4. The van der Waals surface area contributed by atoms with Gasteiger partial charge in [0.25, 0.3) is 0 Å². The zero-order chi connectivity index (χ0) is 34.0. The molecule has 0 bridgehead atoms. The second kappa shape index (κ2) is 14.5. The van der Waals surface area contributed by atoms with E-state index in [0.29, 0.717) is 32.0 Å². The third-order valence-corrected chi connectivity index (χ3v) is 11.8. The molecule has 3 aliphatic heterocycles. The molecule has 0 saturated carbocycles. The number of benzene rings is 3. The monoisotopic (exact) mass is 673 g/mol. The molecule has 2 saturated heterocycles. The Bertz CT molecular complexity index is 1840. The Labute approximate surface area is 296 Å². The first-order valence-electron chi connectivity index (χ1n) is 18.9. The van der Waals surface area contributed by atoms with Crippen LogP contribution >= 0.6 is 0 Å². The number of carbonyl (C=O) groups excluding carboxylic acids is 2. The van der Waals surface area contributed by atoms with E-state index in [1.807, 2.05) is 28.0 Å². The van der Waals surface area contributed by atoms with Gasteiger partial charge >= 0.3 is 12.1 Å². The molecule has 9 heteroatoms. The molecule has 50 heavy (non-hydrogen) atoms. The third-order valence-electron chi connectivity index (χ3n) is 11.8. The van der Waals surface area contributed by atoms with Crippen LogP contribution in [0.4, 0.5) is 15.3 Å². The molecule has 9 nitrogen and oxygen atoms in total. The lowest BCUT2D eigenvalue weighted by atomic mass is 9.89. The van der Waals surface area contributed by atoms with Crippen LogP contribution in [-0.4, -0.2) is 82.1 Å². The maximum atomic E-state index is 14.2. The number of anilines is 1. The molecule has 1 aliphatic carbocycles. The van der Waals surface area contributed by atoms with E-state index in [1.165, 1.54) is 47.9 Å². The number of nitrogens with zero attached hydrogens (tertiary/aromatic N) is 5. The first kappa shape index (κ1) is 32.8. The maximum Gasteiger partial charge on any atom is 0.322 e. The van der Waals surface area contributed by atoms with Crippen LogP contribution in [-0.2, 0) is 32.2 Å². The number of rotatable bonds is 7. The van der Waals surface area contributed by atoms with Crippen molar-refractivity contribution in [1.29, 1.82) is 0 Å². The molecule has 4 heterocycles. The van der Waals surface area contributed by atoms with E-state index >= 15 is 0 Å². The fourth-order valence-electron chi connectivity index (χ4n) is 8.77. The number of imidazole rings is 1. The topological polar surface area (TPSA) is 85.7 Å². The number of likely N-dealkylation sites (tertiary alicyclic amines) is 2. The number of para-hydroxylation sites is 3. The number of hydrogen-bond donors (Lipinski definition) is 2. The summed E-state index contributed by atoms with van der Waals surface area (Å²) in [6.45, 7) is 5.06. The number of carbonyl (C=O) groups is 2. The van der Waals surface area contributed by atoms with Crippen LogP contribution in [0, 0.1) is 5.92 Å². The van der Waals surface area contributed by atoms with Crippen LogP contribution in [0.1, 0.15) is 72.6 Å². The summed E-state index contributed by atoms with van der Waals surface area (Å²) in [6.07, 6.45) is 10.2. The van der Waals surface area contributed by atoms with Gasteiger partial charge in [0.05, 0.1) is 17.1 Å². The number of aryl methyl sites for hydroxylation is 2. The number of hydrogen-bond acceptors (Lipinski definition) is 4. The second-order valence-electron chi connectivity index (χ2n) is 15.1. The Hall–Kier alpha value is -4.37. The average molecular weight is 674 g/mol. The summed E-state index contributed by atoms with van der Waals surface area (Å²) < 4.78 is 2.41.